The van der Waals surface area contributed by atoms with Gasteiger partial charge in [0.1, 0.15) is 11.8 Å². The lowest BCUT2D eigenvalue weighted by Gasteiger charge is -2.21. The number of carbonyl (C=O) groups is 2. The summed E-state index contributed by atoms with van der Waals surface area (Å²) in [6.07, 6.45) is -4.40. The number of rotatable bonds is 8. The van der Waals surface area contributed by atoms with Crippen LogP contribution < -0.4 is 15.4 Å². The lowest BCUT2D eigenvalue weighted by Crippen LogP contribution is -2.49. The summed E-state index contributed by atoms with van der Waals surface area (Å²) >= 11 is 1.29. The topological polar surface area (TPSA) is 67.4 Å². The lowest BCUT2D eigenvalue weighted by molar-refractivity contribution is -0.153. The Balaban J connectivity index is 1.89. The highest BCUT2D eigenvalue weighted by Gasteiger charge is 2.28. The molecule has 2 rings (SSSR count). The second-order valence-electron chi connectivity index (χ2n) is 6.44. The number of halogens is 3. The second kappa shape index (κ2) is 9.59. The summed E-state index contributed by atoms with van der Waals surface area (Å²) < 4.78 is 41.1. The average molecular weight is 414 g/mol. The van der Waals surface area contributed by atoms with Crippen molar-refractivity contribution in [2.75, 3.05) is 6.61 Å². The molecule has 0 spiro atoms. The number of alkyl halides is 3. The fraction of sp³-hybridized carbons (Fsp3) is 0.368. The van der Waals surface area contributed by atoms with Gasteiger partial charge in [-0.2, -0.15) is 13.2 Å². The van der Waals surface area contributed by atoms with Crippen LogP contribution in [0.3, 0.4) is 0 Å². The van der Waals surface area contributed by atoms with Crippen LogP contribution >= 0.6 is 11.3 Å². The molecule has 2 aromatic rings. The van der Waals surface area contributed by atoms with Gasteiger partial charge in [-0.05, 0) is 35.1 Å². The summed E-state index contributed by atoms with van der Waals surface area (Å²) in [6.45, 7) is 2.47. The van der Waals surface area contributed by atoms with Crippen LogP contribution in [0.4, 0.5) is 13.2 Å². The van der Waals surface area contributed by atoms with E-state index in [4.69, 9.17) is 0 Å². The minimum Gasteiger partial charge on any atom is -0.484 e. The number of nitrogens with one attached hydrogen (secondary N) is 2. The lowest BCUT2D eigenvalue weighted by atomic mass is 10.0. The van der Waals surface area contributed by atoms with Crippen molar-refractivity contribution >= 4 is 23.2 Å². The molecule has 152 valence electrons. The van der Waals surface area contributed by atoms with E-state index < -0.39 is 18.8 Å². The summed E-state index contributed by atoms with van der Waals surface area (Å²) in [5.74, 6) is -0.676. The summed E-state index contributed by atoms with van der Waals surface area (Å²) in [4.78, 5) is 25.2. The smallest absolute Gasteiger partial charge is 0.422 e. The predicted molar refractivity (Wildman–Crippen MR) is 100 cm³/mol. The molecule has 0 bridgehead atoms. The molecule has 1 heterocycles. The molecule has 9 heteroatoms. The maximum Gasteiger partial charge on any atom is 0.422 e. The average Bonchev–Trinajstić information content (AvgIpc) is 3.17. The standard InChI is InChI=1S/C19H21F3N2O3S/c1-12(2)16(24-17(25)15-4-3-9-28-15)18(26)23-10-13-5-7-14(8-6-13)27-11-19(20,21)22/h3-9,12,16H,10-11H2,1-2H3,(H,23,26)(H,24,25). The third-order valence-electron chi connectivity index (χ3n) is 3.77. The minimum atomic E-state index is -4.40. The van der Waals surface area contributed by atoms with E-state index in [1.54, 1.807) is 29.6 Å². The first-order valence-electron chi connectivity index (χ1n) is 8.56. The van der Waals surface area contributed by atoms with Crippen LogP contribution in [0.25, 0.3) is 0 Å². The third-order valence-corrected chi connectivity index (χ3v) is 4.64. The second-order valence-corrected chi connectivity index (χ2v) is 7.39. The van der Waals surface area contributed by atoms with E-state index in [0.29, 0.717) is 10.4 Å². The van der Waals surface area contributed by atoms with Gasteiger partial charge in [0.2, 0.25) is 5.91 Å². The monoisotopic (exact) mass is 414 g/mol. The summed E-state index contributed by atoms with van der Waals surface area (Å²) in [6, 6.07) is 8.69. The van der Waals surface area contributed by atoms with E-state index in [0.717, 1.165) is 0 Å². The number of ether oxygens (including phenoxy) is 1. The maximum atomic E-state index is 12.5. The van der Waals surface area contributed by atoms with Crippen molar-refractivity contribution in [3.8, 4) is 5.75 Å². The molecule has 1 atom stereocenters. The molecule has 2 amide bonds. The van der Waals surface area contributed by atoms with Crippen molar-refractivity contribution in [3.63, 3.8) is 0 Å². The Labute approximate surface area is 164 Å². The van der Waals surface area contributed by atoms with E-state index in [-0.39, 0.29) is 30.0 Å². The Morgan fingerprint density at radius 3 is 2.36 bits per heavy atom. The molecule has 0 saturated carbocycles. The minimum absolute atomic E-state index is 0.0932. The van der Waals surface area contributed by atoms with Gasteiger partial charge in [-0.1, -0.05) is 32.0 Å². The summed E-state index contributed by atoms with van der Waals surface area (Å²) in [5, 5.41) is 7.24. The largest absolute Gasteiger partial charge is 0.484 e. The Bertz CT molecular complexity index is 775. The first-order chi connectivity index (χ1) is 13.2. The van der Waals surface area contributed by atoms with E-state index in [2.05, 4.69) is 15.4 Å². The van der Waals surface area contributed by atoms with Crippen LogP contribution in [0.1, 0.15) is 29.1 Å². The van der Waals surface area contributed by atoms with Crippen LogP contribution in [-0.2, 0) is 11.3 Å². The highest BCUT2D eigenvalue weighted by Crippen LogP contribution is 2.19. The fourth-order valence-corrected chi connectivity index (χ4v) is 2.95. The molecule has 2 N–H and O–H groups in total. The Morgan fingerprint density at radius 2 is 1.82 bits per heavy atom. The Kier molecular flexibility index (Phi) is 7.45. The number of benzene rings is 1. The van der Waals surface area contributed by atoms with Gasteiger partial charge in [-0.15, -0.1) is 11.3 Å². The van der Waals surface area contributed by atoms with Gasteiger partial charge >= 0.3 is 6.18 Å². The van der Waals surface area contributed by atoms with E-state index in [9.17, 15) is 22.8 Å². The molecule has 1 aromatic heterocycles. The summed E-state index contributed by atoms with van der Waals surface area (Å²) in [5.41, 5.74) is 0.694. The van der Waals surface area contributed by atoms with Crippen LogP contribution in [0.15, 0.2) is 41.8 Å². The quantitative estimate of drug-likeness (QED) is 0.691. The van der Waals surface area contributed by atoms with E-state index in [1.165, 1.54) is 23.5 Å². The van der Waals surface area contributed by atoms with E-state index >= 15 is 0 Å². The van der Waals surface area contributed by atoms with Gasteiger partial charge in [0, 0.05) is 6.54 Å². The SMILES string of the molecule is CC(C)C(NC(=O)c1cccs1)C(=O)NCc1ccc(OCC(F)(F)F)cc1. The molecule has 0 aliphatic heterocycles. The van der Waals surface area contributed by atoms with Crippen LogP contribution in [0, 0.1) is 5.92 Å². The van der Waals surface area contributed by atoms with Gasteiger partial charge < -0.3 is 15.4 Å². The number of thiophene rings is 1. The molecule has 0 aliphatic carbocycles. The van der Waals surface area contributed by atoms with Gasteiger partial charge in [0.05, 0.1) is 4.88 Å². The molecule has 1 aromatic carbocycles. The maximum absolute atomic E-state index is 12.5. The summed E-state index contributed by atoms with van der Waals surface area (Å²) in [7, 11) is 0. The molecule has 1 unspecified atom stereocenters. The molecular weight excluding hydrogens is 393 g/mol. The molecule has 28 heavy (non-hydrogen) atoms. The van der Waals surface area contributed by atoms with Crippen molar-refractivity contribution in [1.82, 2.24) is 10.6 Å². The number of hydrogen-bond acceptors (Lipinski definition) is 4. The molecule has 0 saturated heterocycles. The van der Waals surface area contributed by atoms with Crippen molar-refractivity contribution in [1.29, 1.82) is 0 Å². The van der Waals surface area contributed by atoms with E-state index in [1.807, 2.05) is 13.8 Å². The zero-order chi connectivity index (χ0) is 20.7. The number of hydrogen-bond donors (Lipinski definition) is 2. The Hall–Kier alpha value is -2.55. The van der Waals surface area contributed by atoms with Crippen LogP contribution in [0.2, 0.25) is 0 Å². The van der Waals surface area contributed by atoms with Gasteiger partial charge in [-0.3, -0.25) is 9.59 Å². The normalized spacial score (nSPS) is 12.5. The molecule has 5 nitrogen and oxygen atoms in total. The molecule has 0 aliphatic rings. The highest BCUT2D eigenvalue weighted by molar-refractivity contribution is 7.12. The van der Waals surface area contributed by atoms with Crippen molar-refractivity contribution in [3.05, 3.63) is 52.2 Å². The van der Waals surface area contributed by atoms with Crippen LogP contribution in [-0.4, -0.2) is 30.6 Å². The number of carbonyl (C=O) groups excluding carboxylic acids is 2. The van der Waals surface area contributed by atoms with Crippen LogP contribution in [0.5, 0.6) is 5.75 Å². The van der Waals surface area contributed by atoms with Gasteiger partial charge in [-0.25, -0.2) is 0 Å². The Morgan fingerprint density at radius 1 is 1.14 bits per heavy atom. The zero-order valence-electron chi connectivity index (χ0n) is 15.4. The predicted octanol–water partition coefficient (Wildman–Crippen LogP) is 3.76. The third kappa shape index (κ3) is 6.88. The first-order valence-corrected chi connectivity index (χ1v) is 9.44. The molecule has 0 fully saturated rings. The molecule has 0 radical (unpaired) electrons. The van der Waals surface area contributed by atoms with Crippen molar-refractivity contribution in [2.24, 2.45) is 5.92 Å². The fourth-order valence-electron chi connectivity index (χ4n) is 2.32. The van der Waals surface area contributed by atoms with Crippen molar-refractivity contribution in [2.45, 2.75) is 32.6 Å². The highest BCUT2D eigenvalue weighted by atomic mass is 32.1. The van der Waals surface area contributed by atoms with Gasteiger partial charge in [0.25, 0.3) is 5.91 Å². The van der Waals surface area contributed by atoms with Gasteiger partial charge in [0.15, 0.2) is 6.61 Å². The molecular formula is C19H21F3N2O3S. The number of amides is 2. The van der Waals surface area contributed by atoms with Crippen molar-refractivity contribution < 1.29 is 27.5 Å². The first kappa shape index (κ1) is 21.7. The zero-order valence-corrected chi connectivity index (χ0v) is 16.2.